The molecule has 0 aliphatic heterocycles. The minimum absolute atomic E-state index is 0.0791. The smallest absolute Gasteiger partial charge is 0.262 e. The molecule has 2 N–H and O–H groups in total. The van der Waals surface area contributed by atoms with Gasteiger partial charge >= 0.3 is 0 Å². The SMILES string of the molecule is COC[C@H](C)NC(=O)c1ccc(C)c(S(=O)(=O)Nc2cc(C)ccc2C)c1. The van der Waals surface area contributed by atoms with Gasteiger partial charge in [-0.05, 0) is 62.6 Å². The van der Waals surface area contributed by atoms with E-state index in [0.717, 1.165) is 11.1 Å². The Morgan fingerprint density at radius 3 is 2.41 bits per heavy atom. The Morgan fingerprint density at radius 1 is 1.07 bits per heavy atom. The van der Waals surface area contributed by atoms with Crippen LogP contribution in [0, 0.1) is 20.8 Å². The summed E-state index contributed by atoms with van der Waals surface area (Å²) in [6, 6.07) is 10.0. The number of aryl methyl sites for hydroxylation is 3. The van der Waals surface area contributed by atoms with Crippen molar-refractivity contribution in [1.82, 2.24) is 5.32 Å². The monoisotopic (exact) mass is 390 g/mol. The van der Waals surface area contributed by atoms with Crippen molar-refractivity contribution in [3.05, 3.63) is 58.7 Å². The highest BCUT2D eigenvalue weighted by Gasteiger charge is 2.20. The lowest BCUT2D eigenvalue weighted by Gasteiger charge is -2.15. The molecule has 0 saturated heterocycles. The Balaban J connectivity index is 2.33. The lowest BCUT2D eigenvalue weighted by atomic mass is 10.1. The molecule has 0 spiro atoms. The quantitative estimate of drug-likeness (QED) is 0.760. The van der Waals surface area contributed by atoms with E-state index in [9.17, 15) is 13.2 Å². The van der Waals surface area contributed by atoms with E-state index in [1.165, 1.54) is 6.07 Å². The Labute approximate surface area is 161 Å². The standard InChI is InChI=1S/C20H26N2O4S/c1-13-6-7-14(2)18(10-13)22-27(24,25)19-11-17(9-8-15(19)3)20(23)21-16(4)12-26-5/h6-11,16,22H,12H2,1-5H3,(H,21,23)/t16-/m0/s1. The van der Waals surface area contributed by atoms with Crippen molar-refractivity contribution in [1.29, 1.82) is 0 Å². The first-order valence-corrected chi connectivity index (χ1v) is 10.1. The number of benzene rings is 2. The number of anilines is 1. The van der Waals surface area contributed by atoms with Crippen LogP contribution in [-0.2, 0) is 14.8 Å². The van der Waals surface area contributed by atoms with Crippen LogP contribution in [-0.4, -0.2) is 34.1 Å². The number of methoxy groups -OCH3 is 1. The summed E-state index contributed by atoms with van der Waals surface area (Å²) in [4.78, 5) is 12.5. The maximum absolute atomic E-state index is 12.9. The number of carbonyl (C=O) groups excluding carboxylic acids is 1. The minimum atomic E-state index is -3.83. The van der Waals surface area contributed by atoms with Crippen molar-refractivity contribution in [2.24, 2.45) is 0 Å². The summed E-state index contributed by atoms with van der Waals surface area (Å²) in [5, 5.41) is 2.78. The maximum Gasteiger partial charge on any atom is 0.262 e. The van der Waals surface area contributed by atoms with Crippen molar-refractivity contribution in [2.75, 3.05) is 18.4 Å². The van der Waals surface area contributed by atoms with Crippen LogP contribution in [0.2, 0.25) is 0 Å². The van der Waals surface area contributed by atoms with Crippen molar-refractivity contribution < 1.29 is 17.9 Å². The summed E-state index contributed by atoms with van der Waals surface area (Å²) in [7, 11) is -2.28. The number of nitrogens with one attached hydrogen (secondary N) is 2. The van der Waals surface area contributed by atoms with Crippen LogP contribution in [0.25, 0.3) is 0 Å². The van der Waals surface area contributed by atoms with E-state index in [0.29, 0.717) is 17.9 Å². The van der Waals surface area contributed by atoms with E-state index in [4.69, 9.17) is 4.74 Å². The average Bonchev–Trinajstić information content (AvgIpc) is 2.58. The van der Waals surface area contributed by atoms with E-state index in [2.05, 4.69) is 10.0 Å². The fraction of sp³-hybridized carbons (Fsp3) is 0.350. The molecule has 0 radical (unpaired) electrons. The zero-order valence-electron chi connectivity index (χ0n) is 16.3. The van der Waals surface area contributed by atoms with Crippen molar-refractivity contribution in [3.8, 4) is 0 Å². The fourth-order valence-corrected chi connectivity index (χ4v) is 4.07. The van der Waals surface area contributed by atoms with Gasteiger partial charge in [0.2, 0.25) is 0 Å². The molecular weight excluding hydrogens is 364 g/mol. The number of rotatable bonds is 7. The van der Waals surface area contributed by atoms with Crippen LogP contribution in [0.15, 0.2) is 41.3 Å². The lowest BCUT2D eigenvalue weighted by Crippen LogP contribution is -2.35. The topological polar surface area (TPSA) is 84.5 Å². The minimum Gasteiger partial charge on any atom is -0.383 e. The van der Waals surface area contributed by atoms with Crippen LogP contribution >= 0.6 is 0 Å². The number of sulfonamides is 1. The molecule has 2 aromatic carbocycles. The molecule has 27 heavy (non-hydrogen) atoms. The second kappa shape index (κ2) is 8.54. The highest BCUT2D eigenvalue weighted by atomic mass is 32.2. The molecule has 6 nitrogen and oxygen atoms in total. The van der Waals surface area contributed by atoms with Gasteiger partial charge in [-0.1, -0.05) is 18.2 Å². The number of amides is 1. The molecule has 2 aromatic rings. The van der Waals surface area contributed by atoms with Gasteiger partial charge in [0.15, 0.2) is 0 Å². The summed E-state index contributed by atoms with van der Waals surface area (Å²) in [5.74, 6) is -0.345. The van der Waals surface area contributed by atoms with Crippen LogP contribution in [0.4, 0.5) is 5.69 Å². The predicted molar refractivity (Wildman–Crippen MR) is 107 cm³/mol. The highest BCUT2D eigenvalue weighted by molar-refractivity contribution is 7.92. The number of carbonyl (C=O) groups is 1. The summed E-state index contributed by atoms with van der Waals surface area (Å²) in [6.45, 7) is 7.62. The van der Waals surface area contributed by atoms with Crippen molar-refractivity contribution >= 4 is 21.6 Å². The maximum atomic E-state index is 12.9. The Hall–Kier alpha value is -2.38. The molecule has 0 bridgehead atoms. The van der Waals surface area contributed by atoms with Gasteiger partial charge in [0, 0.05) is 18.7 Å². The van der Waals surface area contributed by atoms with Gasteiger partial charge in [-0.25, -0.2) is 8.42 Å². The van der Waals surface area contributed by atoms with Crippen molar-refractivity contribution in [2.45, 2.75) is 38.6 Å². The summed E-state index contributed by atoms with van der Waals surface area (Å²) >= 11 is 0. The predicted octanol–water partition coefficient (Wildman–Crippen LogP) is 3.18. The third-order valence-electron chi connectivity index (χ3n) is 4.17. The van der Waals surface area contributed by atoms with Gasteiger partial charge in [-0.2, -0.15) is 0 Å². The van der Waals surface area contributed by atoms with E-state index in [1.807, 2.05) is 32.9 Å². The third-order valence-corrected chi connectivity index (χ3v) is 5.68. The average molecular weight is 391 g/mol. The van der Waals surface area contributed by atoms with Crippen LogP contribution in [0.5, 0.6) is 0 Å². The molecule has 0 unspecified atom stereocenters. The molecule has 0 heterocycles. The molecule has 1 amide bonds. The van der Waals surface area contributed by atoms with E-state index in [1.54, 1.807) is 32.2 Å². The molecule has 146 valence electrons. The second-order valence-electron chi connectivity index (χ2n) is 6.73. The Bertz CT molecular complexity index is 939. The van der Waals surface area contributed by atoms with Gasteiger partial charge in [0.25, 0.3) is 15.9 Å². The molecule has 1 atom stereocenters. The lowest BCUT2D eigenvalue weighted by molar-refractivity contribution is 0.0905. The zero-order chi connectivity index (χ0) is 20.2. The van der Waals surface area contributed by atoms with Gasteiger partial charge in [-0.15, -0.1) is 0 Å². The van der Waals surface area contributed by atoms with E-state index >= 15 is 0 Å². The summed E-state index contributed by atoms with van der Waals surface area (Å²) in [6.07, 6.45) is 0. The third kappa shape index (κ3) is 5.30. The molecule has 0 saturated carbocycles. The van der Waals surface area contributed by atoms with E-state index in [-0.39, 0.29) is 22.4 Å². The van der Waals surface area contributed by atoms with Gasteiger partial charge in [0.1, 0.15) is 0 Å². The normalized spacial score (nSPS) is 12.5. The molecule has 0 fully saturated rings. The van der Waals surface area contributed by atoms with Gasteiger partial charge in [0.05, 0.1) is 17.2 Å². The number of ether oxygens (including phenoxy) is 1. The Kier molecular flexibility index (Phi) is 6.62. The Morgan fingerprint density at radius 2 is 1.74 bits per heavy atom. The first kappa shape index (κ1) is 20.9. The van der Waals surface area contributed by atoms with Crippen LogP contribution in [0.1, 0.15) is 34.0 Å². The number of hydrogen-bond donors (Lipinski definition) is 2. The summed E-state index contributed by atoms with van der Waals surface area (Å²) < 4.78 is 33.5. The van der Waals surface area contributed by atoms with Crippen molar-refractivity contribution in [3.63, 3.8) is 0 Å². The van der Waals surface area contributed by atoms with Gasteiger partial charge in [-0.3, -0.25) is 9.52 Å². The largest absolute Gasteiger partial charge is 0.383 e. The number of hydrogen-bond acceptors (Lipinski definition) is 4. The molecule has 2 rings (SSSR count). The summed E-state index contributed by atoms with van der Waals surface area (Å²) in [5.41, 5.74) is 3.15. The first-order valence-electron chi connectivity index (χ1n) is 8.64. The van der Waals surface area contributed by atoms with E-state index < -0.39 is 10.0 Å². The molecule has 0 aliphatic carbocycles. The highest BCUT2D eigenvalue weighted by Crippen LogP contribution is 2.24. The fourth-order valence-electron chi connectivity index (χ4n) is 2.68. The molecule has 0 aromatic heterocycles. The molecule has 7 heteroatoms. The second-order valence-corrected chi connectivity index (χ2v) is 8.38. The molecular formula is C20H26N2O4S. The molecule has 0 aliphatic rings. The zero-order valence-corrected chi connectivity index (χ0v) is 17.1. The van der Waals surface area contributed by atoms with Gasteiger partial charge < -0.3 is 10.1 Å². The van der Waals surface area contributed by atoms with Crippen LogP contribution < -0.4 is 10.0 Å². The first-order chi connectivity index (χ1) is 12.6. The van der Waals surface area contributed by atoms with Crippen LogP contribution in [0.3, 0.4) is 0 Å².